The van der Waals surface area contributed by atoms with Crippen LogP contribution in [0.3, 0.4) is 0 Å². The Morgan fingerprint density at radius 1 is 1.31 bits per heavy atom. The summed E-state index contributed by atoms with van der Waals surface area (Å²) in [5.41, 5.74) is 0. The molecule has 2 nitrogen and oxygen atoms in total. The number of hydrogen-bond donors (Lipinski definition) is 0. The second-order valence-electron chi connectivity index (χ2n) is 5.17. The molecule has 0 spiro atoms. The van der Waals surface area contributed by atoms with Crippen LogP contribution < -0.4 is 0 Å². The van der Waals surface area contributed by atoms with Gasteiger partial charge in [-0.15, -0.1) is 0 Å². The lowest BCUT2D eigenvalue weighted by molar-refractivity contribution is -0.126. The minimum Gasteiger partial charge on any atom is -0.298 e. The average molecular weight is 352 g/mol. The van der Waals surface area contributed by atoms with Crippen LogP contribution in [0.4, 0.5) is 0 Å². The number of Topliss-reactive ketones (excluding diaryl/α,β-unsaturated/α-hetero) is 2. The summed E-state index contributed by atoms with van der Waals surface area (Å²) in [5, 5.41) is 0. The molecule has 16 heavy (non-hydrogen) atoms. The van der Waals surface area contributed by atoms with Gasteiger partial charge in [-0.1, -0.05) is 45.2 Å². The molecule has 0 aromatic heterocycles. The van der Waals surface area contributed by atoms with E-state index in [0.717, 1.165) is 19.3 Å². The first-order valence-electron chi connectivity index (χ1n) is 5.84. The molecule has 4 heteroatoms. The third-order valence-electron chi connectivity index (χ3n) is 3.85. The van der Waals surface area contributed by atoms with Gasteiger partial charge in [-0.3, -0.25) is 9.59 Å². The fourth-order valence-electron chi connectivity index (χ4n) is 2.96. The largest absolute Gasteiger partial charge is 0.298 e. The van der Waals surface area contributed by atoms with Gasteiger partial charge >= 0.3 is 0 Å². The second kappa shape index (κ2) is 4.52. The van der Waals surface area contributed by atoms with Crippen LogP contribution in [0.1, 0.15) is 39.0 Å². The van der Waals surface area contributed by atoms with E-state index in [-0.39, 0.29) is 22.4 Å². The molecule has 0 unspecified atom stereocenters. The number of fused-ring (bicyclic) bond motifs is 1. The van der Waals surface area contributed by atoms with Gasteiger partial charge in [0, 0.05) is 18.8 Å². The van der Waals surface area contributed by atoms with Gasteiger partial charge in [0.2, 0.25) is 0 Å². The minimum atomic E-state index is -0.439. The van der Waals surface area contributed by atoms with Crippen LogP contribution in [-0.2, 0) is 9.59 Å². The Morgan fingerprint density at radius 3 is 2.69 bits per heavy atom. The molecule has 0 radical (unpaired) electrons. The van der Waals surface area contributed by atoms with E-state index < -0.39 is 4.32 Å². The van der Waals surface area contributed by atoms with Crippen molar-refractivity contribution in [2.24, 2.45) is 11.8 Å². The first-order chi connectivity index (χ1) is 7.45. The molecular formula is C12H16Br2O2. The molecule has 0 aromatic rings. The summed E-state index contributed by atoms with van der Waals surface area (Å²) in [7, 11) is 0. The zero-order valence-electron chi connectivity index (χ0n) is 9.34. The Morgan fingerprint density at radius 2 is 2.00 bits per heavy atom. The lowest BCUT2D eigenvalue weighted by Gasteiger charge is -2.34. The normalized spacial score (nSPS) is 45.1. The SMILES string of the molecule is C[C@H]1CC(=O)[C@@H](Br)[C@@H]2CCC[C@]2(Br)C(=O)C1. The smallest absolute Gasteiger partial charge is 0.150 e. The van der Waals surface area contributed by atoms with Gasteiger partial charge in [0.05, 0.1) is 9.15 Å². The molecule has 0 saturated heterocycles. The van der Waals surface area contributed by atoms with Crippen molar-refractivity contribution in [1.82, 2.24) is 0 Å². The van der Waals surface area contributed by atoms with Crippen molar-refractivity contribution >= 4 is 43.4 Å². The molecule has 0 amide bonds. The van der Waals surface area contributed by atoms with Crippen LogP contribution in [0, 0.1) is 11.8 Å². The van der Waals surface area contributed by atoms with Gasteiger partial charge in [-0.05, 0) is 18.8 Å². The average Bonchev–Trinajstić information content (AvgIpc) is 2.59. The molecular weight excluding hydrogens is 336 g/mol. The second-order valence-corrected chi connectivity index (χ2v) is 7.57. The number of hydrogen-bond acceptors (Lipinski definition) is 2. The van der Waals surface area contributed by atoms with Gasteiger partial charge in [0.1, 0.15) is 11.6 Å². The van der Waals surface area contributed by atoms with Crippen molar-refractivity contribution in [1.29, 1.82) is 0 Å². The highest BCUT2D eigenvalue weighted by Crippen LogP contribution is 2.49. The van der Waals surface area contributed by atoms with Gasteiger partial charge in [-0.25, -0.2) is 0 Å². The highest BCUT2D eigenvalue weighted by molar-refractivity contribution is 9.10. The van der Waals surface area contributed by atoms with Crippen molar-refractivity contribution in [3.05, 3.63) is 0 Å². The van der Waals surface area contributed by atoms with E-state index in [1.54, 1.807) is 0 Å². The van der Waals surface area contributed by atoms with Gasteiger partial charge in [0.15, 0.2) is 0 Å². The van der Waals surface area contributed by atoms with Crippen molar-refractivity contribution in [3.63, 3.8) is 0 Å². The number of carbonyl (C=O) groups excluding carboxylic acids is 2. The summed E-state index contributed by atoms with van der Waals surface area (Å²) in [4.78, 5) is 24.1. The summed E-state index contributed by atoms with van der Waals surface area (Å²) in [6.45, 7) is 1.99. The fourth-order valence-corrected chi connectivity index (χ4v) is 5.15. The molecule has 2 aliphatic carbocycles. The molecule has 0 heterocycles. The first kappa shape index (κ1) is 12.7. The number of ketones is 2. The van der Waals surface area contributed by atoms with Crippen LogP contribution in [0.5, 0.6) is 0 Å². The Balaban J connectivity index is 2.33. The Kier molecular flexibility index (Phi) is 3.60. The molecule has 0 aliphatic heterocycles. The number of rotatable bonds is 0. The van der Waals surface area contributed by atoms with E-state index in [0.29, 0.717) is 18.6 Å². The molecule has 4 atom stereocenters. The van der Waals surface area contributed by atoms with E-state index >= 15 is 0 Å². The van der Waals surface area contributed by atoms with Crippen LogP contribution in [0.15, 0.2) is 0 Å². The lowest BCUT2D eigenvalue weighted by Crippen LogP contribution is -2.45. The maximum absolute atomic E-state index is 12.3. The van der Waals surface area contributed by atoms with Crippen molar-refractivity contribution < 1.29 is 9.59 Å². The van der Waals surface area contributed by atoms with Gasteiger partial charge in [0.25, 0.3) is 0 Å². The zero-order chi connectivity index (χ0) is 11.9. The van der Waals surface area contributed by atoms with Crippen molar-refractivity contribution in [2.45, 2.75) is 48.2 Å². The van der Waals surface area contributed by atoms with Crippen LogP contribution >= 0.6 is 31.9 Å². The molecule has 2 rings (SSSR count). The fraction of sp³-hybridized carbons (Fsp3) is 0.833. The quantitative estimate of drug-likeness (QED) is 0.628. The zero-order valence-corrected chi connectivity index (χ0v) is 12.5. The molecule has 2 saturated carbocycles. The maximum atomic E-state index is 12.3. The van der Waals surface area contributed by atoms with Crippen LogP contribution in [0.2, 0.25) is 0 Å². The lowest BCUT2D eigenvalue weighted by atomic mass is 9.79. The van der Waals surface area contributed by atoms with Crippen molar-refractivity contribution in [3.8, 4) is 0 Å². The van der Waals surface area contributed by atoms with E-state index in [4.69, 9.17) is 0 Å². The summed E-state index contributed by atoms with van der Waals surface area (Å²) < 4.78 is -0.439. The molecule has 0 bridgehead atoms. The van der Waals surface area contributed by atoms with Crippen LogP contribution in [-0.4, -0.2) is 20.7 Å². The van der Waals surface area contributed by atoms with Gasteiger partial charge in [-0.2, -0.15) is 0 Å². The topological polar surface area (TPSA) is 34.1 Å². The predicted molar refractivity (Wildman–Crippen MR) is 70.1 cm³/mol. The molecule has 90 valence electrons. The first-order valence-corrected chi connectivity index (χ1v) is 7.55. The standard InChI is InChI=1S/C12H16Br2O2/c1-7-5-9(15)11(13)8-3-2-4-12(8,14)10(16)6-7/h7-8,11H,2-6H2,1H3/t7-,8-,11-,12+/m0/s1. The summed E-state index contributed by atoms with van der Waals surface area (Å²) >= 11 is 7.14. The third kappa shape index (κ3) is 2.03. The molecule has 0 N–H and O–H groups in total. The van der Waals surface area contributed by atoms with Crippen molar-refractivity contribution in [2.75, 3.05) is 0 Å². The molecule has 2 fully saturated rings. The summed E-state index contributed by atoms with van der Waals surface area (Å²) in [6, 6.07) is 0. The molecule has 2 aliphatic rings. The predicted octanol–water partition coefficient (Wildman–Crippen LogP) is 3.25. The maximum Gasteiger partial charge on any atom is 0.150 e. The minimum absolute atomic E-state index is 0.139. The molecule has 0 aromatic carbocycles. The number of carbonyl (C=O) groups is 2. The van der Waals surface area contributed by atoms with E-state index in [2.05, 4.69) is 31.9 Å². The van der Waals surface area contributed by atoms with E-state index in [1.807, 2.05) is 6.92 Å². The third-order valence-corrected chi connectivity index (χ3v) is 6.43. The summed E-state index contributed by atoms with van der Waals surface area (Å²) in [6.07, 6.45) is 3.94. The Labute approximate surface area is 113 Å². The monoisotopic (exact) mass is 350 g/mol. The van der Waals surface area contributed by atoms with E-state index in [9.17, 15) is 9.59 Å². The van der Waals surface area contributed by atoms with E-state index in [1.165, 1.54) is 0 Å². The Hall–Kier alpha value is 0.300. The number of alkyl halides is 2. The summed E-state index contributed by atoms with van der Waals surface area (Å²) in [5.74, 6) is 0.867. The van der Waals surface area contributed by atoms with Crippen LogP contribution in [0.25, 0.3) is 0 Å². The van der Waals surface area contributed by atoms with Gasteiger partial charge < -0.3 is 0 Å². The number of halogens is 2. The Bertz CT molecular complexity index is 329. The highest BCUT2D eigenvalue weighted by Gasteiger charge is 2.51. The highest BCUT2D eigenvalue weighted by atomic mass is 79.9.